The average molecular weight is 314 g/mol. The molecule has 0 radical (unpaired) electrons. The number of carboxylic acids is 1. The number of amides is 1. The molecule has 1 fully saturated rings. The molecule has 0 spiro atoms. The third-order valence-electron chi connectivity index (χ3n) is 4.78. The fraction of sp³-hybridized carbons (Fsp3) is 0.444. The number of hydrogen-bond donors (Lipinski definition) is 1. The third-order valence-corrected chi connectivity index (χ3v) is 4.78. The molecule has 0 bridgehead atoms. The summed E-state index contributed by atoms with van der Waals surface area (Å²) in [6.07, 6.45) is 4.79. The molecular weight excluding hydrogens is 292 g/mol. The normalized spacial score (nSPS) is 24.5. The van der Waals surface area contributed by atoms with Crippen LogP contribution in [0.2, 0.25) is 0 Å². The van der Waals surface area contributed by atoms with Crippen molar-refractivity contribution in [2.24, 2.45) is 11.8 Å². The molecular formula is C18H22N2O3. The third kappa shape index (κ3) is 3.38. The second-order valence-corrected chi connectivity index (χ2v) is 6.14. The van der Waals surface area contributed by atoms with Gasteiger partial charge in [-0.2, -0.15) is 0 Å². The maximum Gasteiger partial charge on any atom is 0.307 e. The molecule has 1 N–H and O–H groups in total. The molecule has 1 aromatic rings. The van der Waals surface area contributed by atoms with Crippen LogP contribution in [0.25, 0.3) is 0 Å². The lowest BCUT2D eigenvalue weighted by molar-refractivity contribution is -0.150. The molecule has 1 aliphatic carbocycles. The molecule has 5 nitrogen and oxygen atoms in total. The van der Waals surface area contributed by atoms with E-state index in [1.165, 1.54) is 5.69 Å². The predicted octanol–water partition coefficient (Wildman–Crippen LogP) is 2.00. The number of carbonyl (C=O) groups is 2. The summed E-state index contributed by atoms with van der Waals surface area (Å²) in [4.78, 5) is 28.2. The van der Waals surface area contributed by atoms with Crippen molar-refractivity contribution in [2.45, 2.75) is 12.8 Å². The van der Waals surface area contributed by atoms with Crippen LogP contribution in [-0.2, 0) is 9.59 Å². The Bertz CT molecular complexity index is 592. The van der Waals surface area contributed by atoms with Crippen molar-refractivity contribution < 1.29 is 14.7 Å². The number of hydrogen-bond acceptors (Lipinski definition) is 3. The molecule has 122 valence electrons. The van der Waals surface area contributed by atoms with E-state index in [9.17, 15) is 14.7 Å². The summed E-state index contributed by atoms with van der Waals surface area (Å²) in [6.45, 7) is 2.88. The Morgan fingerprint density at radius 3 is 2.13 bits per heavy atom. The first-order valence-corrected chi connectivity index (χ1v) is 8.13. The van der Waals surface area contributed by atoms with Crippen molar-refractivity contribution in [1.82, 2.24) is 4.90 Å². The zero-order chi connectivity index (χ0) is 16.2. The Kier molecular flexibility index (Phi) is 4.65. The molecule has 0 aromatic heterocycles. The Morgan fingerprint density at radius 2 is 1.52 bits per heavy atom. The van der Waals surface area contributed by atoms with E-state index in [1.807, 2.05) is 35.3 Å². The van der Waals surface area contributed by atoms with Crippen LogP contribution in [0.1, 0.15) is 12.8 Å². The van der Waals surface area contributed by atoms with Gasteiger partial charge in [0.25, 0.3) is 0 Å². The van der Waals surface area contributed by atoms with E-state index in [0.717, 1.165) is 13.1 Å². The van der Waals surface area contributed by atoms with Gasteiger partial charge in [-0.25, -0.2) is 0 Å². The van der Waals surface area contributed by atoms with Crippen molar-refractivity contribution in [3.8, 4) is 0 Å². The number of carbonyl (C=O) groups excluding carboxylic acids is 1. The van der Waals surface area contributed by atoms with E-state index in [2.05, 4.69) is 17.0 Å². The fourth-order valence-corrected chi connectivity index (χ4v) is 3.42. The number of aliphatic carboxylic acids is 1. The minimum Gasteiger partial charge on any atom is -0.481 e. The summed E-state index contributed by atoms with van der Waals surface area (Å²) in [5.74, 6) is -1.87. The van der Waals surface area contributed by atoms with Crippen molar-refractivity contribution in [2.75, 3.05) is 31.1 Å². The first-order valence-electron chi connectivity index (χ1n) is 8.13. The molecule has 1 heterocycles. The first-order chi connectivity index (χ1) is 11.2. The van der Waals surface area contributed by atoms with Crippen LogP contribution >= 0.6 is 0 Å². The molecule has 1 aliphatic heterocycles. The van der Waals surface area contributed by atoms with Crippen LogP contribution in [-0.4, -0.2) is 48.1 Å². The molecule has 1 saturated heterocycles. The monoisotopic (exact) mass is 314 g/mol. The molecule has 23 heavy (non-hydrogen) atoms. The standard InChI is InChI=1S/C18H22N2O3/c21-17(15-8-4-5-9-16(15)18(22)23)20-12-10-19(11-13-20)14-6-2-1-3-7-14/h1-7,15-16H,8-13H2,(H,22,23). The predicted molar refractivity (Wildman–Crippen MR) is 88.2 cm³/mol. The van der Waals surface area contributed by atoms with Gasteiger partial charge in [0.05, 0.1) is 11.8 Å². The lowest BCUT2D eigenvalue weighted by Crippen LogP contribution is -2.52. The zero-order valence-electron chi connectivity index (χ0n) is 13.1. The average Bonchev–Trinajstić information content (AvgIpc) is 2.62. The van der Waals surface area contributed by atoms with Crippen molar-refractivity contribution in [1.29, 1.82) is 0 Å². The SMILES string of the molecule is O=C(O)C1CC=CCC1C(=O)N1CCN(c2ccccc2)CC1. The molecule has 0 saturated carbocycles. The van der Waals surface area contributed by atoms with Gasteiger partial charge in [-0.3, -0.25) is 9.59 Å². The maximum atomic E-state index is 12.7. The topological polar surface area (TPSA) is 60.9 Å². The zero-order valence-corrected chi connectivity index (χ0v) is 13.1. The highest BCUT2D eigenvalue weighted by atomic mass is 16.4. The minimum absolute atomic E-state index is 0.00513. The fourth-order valence-electron chi connectivity index (χ4n) is 3.42. The number of para-hydroxylation sites is 1. The summed E-state index contributed by atoms with van der Waals surface area (Å²) in [5, 5.41) is 9.33. The summed E-state index contributed by atoms with van der Waals surface area (Å²) < 4.78 is 0. The van der Waals surface area contributed by atoms with Gasteiger partial charge in [-0.05, 0) is 25.0 Å². The molecule has 1 aromatic carbocycles. The number of piperazine rings is 1. The lowest BCUT2D eigenvalue weighted by Gasteiger charge is -2.38. The number of benzene rings is 1. The van der Waals surface area contributed by atoms with Crippen molar-refractivity contribution in [3.05, 3.63) is 42.5 Å². The van der Waals surface area contributed by atoms with E-state index in [0.29, 0.717) is 25.9 Å². The lowest BCUT2D eigenvalue weighted by atomic mass is 9.82. The van der Waals surface area contributed by atoms with Gasteiger partial charge in [-0.1, -0.05) is 30.4 Å². The van der Waals surface area contributed by atoms with Gasteiger partial charge in [-0.15, -0.1) is 0 Å². The number of anilines is 1. The van der Waals surface area contributed by atoms with Gasteiger partial charge in [0.1, 0.15) is 0 Å². The van der Waals surface area contributed by atoms with Gasteiger partial charge in [0, 0.05) is 31.9 Å². The highest BCUT2D eigenvalue weighted by Crippen LogP contribution is 2.28. The molecule has 3 rings (SSSR count). The van der Waals surface area contributed by atoms with Gasteiger partial charge < -0.3 is 14.9 Å². The van der Waals surface area contributed by atoms with Crippen LogP contribution in [0.4, 0.5) is 5.69 Å². The highest BCUT2D eigenvalue weighted by Gasteiger charge is 2.37. The second kappa shape index (κ2) is 6.86. The number of allylic oxidation sites excluding steroid dienone is 2. The van der Waals surface area contributed by atoms with E-state index >= 15 is 0 Å². The number of nitrogens with zero attached hydrogens (tertiary/aromatic N) is 2. The Hall–Kier alpha value is -2.30. The van der Waals surface area contributed by atoms with Crippen LogP contribution in [0, 0.1) is 11.8 Å². The minimum atomic E-state index is -0.865. The maximum absolute atomic E-state index is 12.7. The Balaban J connectivity index is 1.62. The largest absolute Gasteiger partial charge is 0.481 e. The van der Waals surface area contributed by atoms with E-state index < -0.39 is 17.8 Å². The van der Waals surface area contributed by atoms with Gasteiger partial charge in [0.15, 0.2) is 0 Å². The van der Waals surface area contributed by atoms with E-state index in [-0.39, 0.29) is 5.91 Å². The summed E-state index contributed by atoms with van der Waals surface area (Å²) >= 11 is 0. The second-order valence-electron chi connectivity index (χ2n) is 6.14. The van der Waals surface area contributed by atoms with E-state index in [1.54, 1.807) is 0 Å². The van der Waals surface area contributed by atoms with Crippen LogP contribution in [0.3, 0.4) is 0 Å². The van der Waals surface area contributed by atoms with Crippen LogP contribution in [0.15, 0.2) is 42.5 Å². The van der Waals surface area contributed by atoms with Crippen LogP contribution in [0.5, 0.6) is 0 Å². The first kappa shape index (κ1) is 15.6. The summed E-state index contributed by atoms with van der Waals surface area (Å²) in [7, 11) is 0. The smallest absolute Gasteiger partial charge is 0.307 e. The van der Waals surface area contributed by atoms with Crippen LogP contribution < -0.4 is 4.90 Å². The van der Waals surface area contributed by atoms with E-state index in [4.69, 9.17) is 0 Å². The van der Waals surface area contributed by atoms with Gasteiger partial charge in [0.2, 0.25) is 5.91 Å². The van der Waals surface area contributed by atoms with Crippen molar-refractivity contribution >= 4 is 17.6 Å². The molecule has 2 aliphatic rings. The van der Waals surface area contributed by atoms with Gasteiger partial charge >= 0.3 is 5.97 Å². The Labute approximate surface area is 136 Å². The highest BCUT2D eigenvalue weighted by molar-refractivity contribution is 5.85. The molecule has 5 heteroatoms. The summed E-state index contributed by atoms with van der Waals surface area (Å²) in [5.41, 5.74) is 1.17. The van der Waals surface area contributed by atoms with Crippen molar-refractivity contribution in [3.63, 3.8) is 0 Å². The quantitative estimate of drug-likeness (QED) is 0.867. The number of carboxylic acid groups (broad SMARTS) is 1. The molecule has 2 atom stereocenters. The summed E-state index contributed by atoms with van der Waals surface area (Å²) in [6, 6.07) is 10.2. The number of rotatable bonds is 3. The molecule has 1 amide bonds. The Morgan fingerprint density at radius 1 is 0.913 bits per heavy atom. The molecule has 2 unspecified atom stereocenters.